The van der Waals surface area contributed by atoms with Crippen LogP contribution in [0.3, 0.4) is 0 Å². The normalized spacial score (nSPS) is 31.6. The number of carbonyl (C=O) groups is 1. The number of nitrogens with one attached hydrogen (secondary N) is 2. The molecule has 5 rings (SSSR count). The lowest BCUT2D eigenvalue weighted by Gasteiger charge is -2.47. The highest BCUT2D eigenvalue weighted by molar-refractivity contribution is 5.79. The molecule has 1 aromatic rings. The van der Waals surface area contributed by atoms with Crippen molar-refractivity contribution in [3.05, 3.63) is 11.9 Å². The molecule has 4 fully saturated rings. The Bertz CT molecular complexity index is 627. The van der Waals surface area contributed by atoms with Crippen LogP contribution in [0.1, 0.15) is 18.5 Å². The van der Waals surface area contributed by atoms with E-state index in [2.05, 4.69) is 30.6 Å². The highest BCUT2D eigenvalue weighted by Gasteiger charge is 2.47. The van der Waals surface area contributed by atoms with Crippen molar-refractivity contribution in [2.75, 3.05) is 53.5 Å². The minimum Gasteiger partial charge on any atom is -0.378 e. The number of quaternary nitrogens is 2. The van der Waals surface area contributed by atoms with Crippen molar-refractivity contribution < 1.29 is 19.3 Å². The standard InChI is InChI=1S/C18H30N6O2/c1-21(2)10-15-11-24(20-19-15)12-16-9-14-3-4-23(16)13-17(14)18(25)22-5-7-26-8-6-22/h11,14,16-17H,3-10,12-13H2,1-2H3/p+2/t14-,16+,17-/m0/s1. The highest BCUT2D eigenvalue weighted by Crippen LogP contribution is 2.29. The average molecular weight is 364 g/mol. The second-order valence-electron chi connectivity index (χ2n) is 8.45. The lowest BCUT2D eigenvalue weighted by molar-refractivity contribution is -0.945. The average Bonchev–Trinajstić information content (AvgIpc) is 3.08. The predicted molar refractivity (Wildman–Crippen MR) is 94.6 cm³/mol. The van der Waals surface area contributed by atoms with Gasteiger partial charge < -0.3 is 19.4 Å². The largest absolute Gasteiger partial charge is 0.378 e. The fourth-order valence-corrected chi connectivity index (χ4v) is 4.92. The molecule has 0 radical (unpaired) electrons. The third-order valence-electron chi connectivity index (χ3n) is 6.22. The Hall–Kier alpha value is -1.51. The molecule has 0 spiro atoms. The molecule has 144 valence electrons. The van der Waals surface area contributed by atoms with E-state index in [4.69, 9.17) is 4.74 Å². The van der Waals surface area contributed by atoms with E-state index in [1.807, 2.05) is 9.58 Å². The van der Waals surface area contributed by atoms with Gasteiger partial charge in [0, 0.05) is 25.9 Å². The SMILES string of the molecule is C[NH+](C)Cc1cn(C[C@H]2C[C@@H]3CC[NH+]2C[C@@H]3C(=O)N2CCOCC2)nn1. The quantitative estimate of drug-likeness (QED) is 0.587. The Morgan fingerprint density at radius 1 is 1.38 bits per heavy atom. The molecule has 0 saturated carbocycles. The number of fused-ring (bicyclic) bond motifs is 3. The molecule has 4 aliphatic rings. The number of hydrogen-bond donors (Lipinski definition) is 2. The van der Waals surface area contributed by atoms with Gasteiger partial charge in [-0.15, -0.1) is 5.10 Å². The van der Waals surface area contributed by atoms with E-state index in [1.54, 1.807) is 4.90 Å². The molecule has 8 heteroatoms. The molecule has 2 bridgehead atoms. The summed E-state index contributed by atoms with van der Waals surface area (Å²) in [6, 6.07) is 0.559. The smallest absolute Gasteiger partial charge is 0.231 e. The number of amides is 1. The molecule has 1 aromatic heterocycles. The van der Waals surface area contributed by atoms with Crippen molar-refractivity contribution >= 4 is 5.91 Å². The van der Waals surface area contributed by atoms with Crippen molar-refractivity contribution in [2.24, 2.45) is 11.8 Å². The maximum absolute atomic E-state index is 12.9. The minimum absolute atomic E-state index is 0.205. The summed E-state index contributed by atoms with van der Waals surface area (Å²) in [7, 11) is 4.25. The predicted octanol–water partition coefficient (Wildman–Crippen LogP) is -2.93. The van der Waals surface area contributed by atoms with Crippen LogP contribution in [0.15, 0.2) is 6.20 Å². The summed E-state index contributed by atoms with van der Waals surface area (Å²) in [5.41, 5.74) is 1.05. The van der Waals surface area contributed by atoms with Gasteiger partial charge in [-0.25, -0.2) is 4.68 Å². The van der Waals surface area contributed by atoms with Gasteiger partial charge in [0.05, 0.1) is 59.1 Å². The number of ether oxygens (including phenoxy) is 1. The Morgan fingerprint density at radius 2 is 2.19 bits per heavy atom. The minimum atomic E-state index is 0.205. The molecular formula is C18H32N6O2+2. The van der Waals surface area contributed by atoms with Crippen LogP contribution in [0, 0.1) is 11.8 Å². The first-order chi connectivity index (χ1) is 12.6. The van der Waals surface area contributed by atoms with Crippen molar-refractivity contribution in [3.63, 3.8) is 0 Å². The summed E-state index contributed by atoms with van der Waals surface area (Å²) in [4.78, 5) is 17.9. The highest BCUT2D eigenvalue weighted by atomic mass is 16.5. The first-order valence-corrected chi connectivity index (χ1v) is 9.99. The van der Waals surface area contributed by atoms with Gasteiger partial charge in [-0.2, -0.15) is 0 Å². The zero-order valence-corrected chi connectivity index (χ0v) is 16.0. The van der Waals surface area contributed by atoms with Gasteiger partial charge in [0.25, 0.3) is 0 Å². The van der Waals surface area contributed by atoms with Crippen LogP contribution in [-0.4, -0.2) is 85.3 Å². The van der Waals surface area contributed by atoms with Crippen LogP contribution < -0.4 is 9.80 Å². The number of carbonyl (C=O) groups excluding carboxylic acids is 1. The van der Waals surface area contributed by atoms with Crippen molar-refractivity contribution in [3.8, 4) is 0 Å². The van der Waals surface area contributed by atoms with Gasteiger partial charge in [-0.05, 0) is 5.92 Å². The maximum atomic E-state index is 12.9. The van der Waals surface area contributed by atoms with Gasteiger partial charge in [0.15, 0.2) is 0 Å². The number of morpholine rings is 1. The van der Waals surface area contributed by atoms with E-state index in [-0.39, 0.29) is 5.92 Å². The number of rotatable bonds is 5. The molecule has 5 heterocycles. The number of hydrogen-bond acceptors (Lipinski definition) is 4. The monoisotopic (exact) mass is 364 g/mol. The van der Waals surface area contributed by atoms with Gasteiger partial charge in [0.1, 0.15) is 18.3 Å². The van der Waals surface area contributed by atoms with Crippen LogP contribution in [0.5, 0.6) is 0 Å². The summed E-state index contributed by atoms with van der Waals surface area (Å²) in [6.45, 7) is 6.88. The fraction of sp³-hybridized carbons (Fsp3) is 0.833. The Labute approximate surface area is 155 Å². The van der Waals surface area contributed by atoms with Gasteiger partial charge >= 0.3 is 0 Å². The van der Waals surface area contributed by atoms with Crippen LogP contribution in [-0.2, 0) is 22.6 Å². The molecule has 4 aliphatic heterocycles. The van der Waals surface area contributed by atoms with E-state index < -0.39 is 0 Å². The van der Waals surface area contributed by atoms with Crippen LogP contribution in [0.25, 0.3) is 0 Å². The van der Waals surface area contributed by atoms with Gasteiger partial charge in [0.2, 0.25) is 5.91 Å². The van der Waals surface area contributed by atoms with Crippen LogP contribution in [0.4, 0.5) is 0 Å². The number of nitrogens with zero attached hydrogens (tertiary/aromatic N) is 4. The van der Waals surface area contributed by atoms with Crippen molar-refractivity contribution in [1.29, 1.82) is 0 Å². The summed E-state index contributed by atoms with van der Waals surface area (Å²) in [6.07, 6.45) is 4.40. The molecule has 8 nitrogen and oxygen atoms in total. The van der Waals surface area contributed by atoms with Crippen molar-refractivity contribution in [2.45, 2.75) is 32.0 Å². The summed E-state index contributed by atoms with van der Waals surface area (Å²) in [5, 5.41) is 8.62. The topological polar surface area (TPSA) is 69.1 Å². The molecule has 1 unspecified atom stereocenters. The van der Waals surface area contributed by atoms with Crippen LogP contribution in [0.2, 0.25) is 0 Å². The lowest BCUT2D eigenvalue weighted by atomic mass is 9.75. The summed E-state index contributed by atoms with van der Waals surface area (Å²) >= 11 is 0. The number of aromatic nitrogens is 3. The van der Waals surface area contributed by atoms with E-state index in [1.165, 1.54) is 17.9 Å². The molecule has 26 heavy (non-hydrogen) atoms. The molecule has 2 N–H and O–H groups in total. The third kappa shape index (κ3) is 3.77. The molecule has 4 atom stereocenters. The Kier molecular flexibility index (Phi) is 5.24. The number of piperidine rings is 3. The van der Waals surface area contributed by atoms with Gasteiger partial charge in [-0.3, -0.25) is 4.79 Å². The Morgan fingerprint density at radius 3 is 2.88 bits per heavy atom. The van der Waals surface area contributed by atoms with Crippen molar-refractivity contribution in [1.82, 2.24) is 19.9 Å². The van der Waals surface area contributed by atoms with Crippen LogP contribution >= 0.6 is 0 Å². The van der Waals surface area contributed by atoms with E-state index in [9.17, 15) is 4.79 Å². The summed E-state index contributed by atoms with van der Waals surface area (Å²) in [5.74, 6) is 1.10. The molecule has 1 amide bonds. The first kappa shape index (κ1) is 17.9. The second kappa shape index (κ2) is 7.62. The third-order valence-corrected chi connectivity index (χ3v) is 6.22. The zero-order valence-electron chi connectivity index (χ0n) is 16.0. The maximum Gasteiger partial charge on any atom is 0.231 e. The Balaban J connectivity index is 1.36. The fourth-order valence-electron chi connectivity index (χ4n) is 4.92. The van der Waals surface area contributed by atoms with E-state index in [0.717, 1.165) is 44.8 Å². The van der Waals surface area contributed by atoms with E-state index in [0.29, 0.717) is 31.1 Å². The lowest BCUT2D eigenvalue weighted by Crippen LogP contribution is -3.20. The first-order valence-electron chi connectivity index (χ1n) is 9.99. The molecular weight excluding hydrogens is 332 g/mol. The zero-order chi connectivity index (χ0) is 18.1. The molecule has 0 aromatic carbocycles. The second-order valence-corrected chi connectivity index (χ2v) is 8.45. The van der Waals surface area contributed by atoms with E-state index >= 15 is 0 Å². The van der Waals surface area contributed by atoms with Gasteiger partial charge in [-0.1, -0.05) is 5.21 Å². The molecule has 0 aliphatic carbocycles. The molecule has 4 saturated heterocycles. The summed E-state index contributed by atoms with van der Waals surface area (Å²) < 4.78 is 7.40.